The first-order valence-electron chi connectivity index (χ1n) is 12.4. The molecule has 172 valence electrons. The van der Waals surface area contributed by atoms with Crippen LogP contribution in [0.1, 0.15) is 86.0 Å². The molecule has 6 heteroatoms. The molecule has 0 radical (unpaired) electrons. The number of amides is 2. The number of hydrogen-bond acceptors (Lipinski definition) is 4. The summed E-state index contributed by atoms with van der Waals surface area (Å²) in [6.07, 6.45) is 9.58. The molecule has 0 unspecified atom stereocenters. The van der Waals surface area contributed by atoms with Crippen LogP contribution in [0.15, 0.2) is 24.3 Å². The number of nitrogens with zero attached hydrogens (tertiary/aromatic N) is 1. The Labute approximate surface area is 190 Å². The van der Waals surface area contributed by atoms with Gasteiger partial charge in [-0.05, 0) is 44.1 Å². The maximum Gasteiger partial charge on any atom is 0.230 e. The molecule has 2 aliphatic carbocycles. The van der Waals surface area contributed by atoms with Crippen molar-refractivity contribution in [2.24, 2.45) is 5.92 Å². The lowest BCUT2D eigenvalue weighted by Crippen LogP contribution is -2.48. The first kappa shape index (κ1) is 21.6. The molecule has 1 aromatic carbocycles. The van der Waals surface area contributed by atoms with E-state index in [9.17, 15) is 14.4 Å². The highest BCUT2D eigenvalue weighted by Gasteiger charge is 2.45. The highest BCUT2D eigenvalue weighted by Crippen LogP contribution is 2.41. The fourth-order valence-corrected chi connectivity index (χ4v) is 6.17. The minimum Gasteiger partial charge on any atom is -0.370 e. The first-order chi connectivity index (χ1) is 15.5. The van der Waals surface area contributed by atoms with Gasteiger partial charge in [0.15, 0.2) is 5.78 Å². The fourth-order valence-electron chi connectivity index (χ4n) is 6.17. The maximum absolute atomic E-state index is 13.2. The number of Topliss-reactive ketones (excluding diaryl/α,β-unsaturated/α-hetero) is 1. The van der Waals surface area contributed by atoms with Crippen LogP contribution in [-0.4, -0.2) is 53.8 Å². The Hall–Kier alpha value is -2.21. The third-order valence-corrected chi connectivity index (χ3v) is 8.13. The van der Waals surface area contributed by atoms with Crippen molar-refractivity contribution in [3.05, 3.63) is 35.4 Å². The molecule has 2 amide bonds. The summed E-state index contributed by atoms with van der Waals surface area (Å²) in [5.74, 6) is 0.194. The summed E-state index contributed by atoms with van der Waals surface area (Å²) in [5, 5.41) is 3.13. The van der Waals surface area contributed by atoms with E-state index < -0.39 is 0 Å². The Balaban J connectivity index is 1.11. The van der Waals surface area contributed by atoms with Crippen molar-refractivity contribution in [1.29, 1.82) is 0 Å². The SMILES string of the molecule is O=C1C[C@H](C(=O)N2CCC3(CC[C@H](CNC(=O)C4CCCCC4)O3)CC2)c2ccccc21. The summed E-state index contributed by atoms with van der Waals surface area (Å²) in [4.78, 5) is 39.8. The topological polar surface area (TPSA) is 75.7 Å². The van der Waals surface area contributed by atoms with E-state index in [1.54, 1.807) is 0 Å². The lowest BCUT2D eigenvalue weighted by molar-refractivity contribution is -0.139. The van der Waals surface area contributed by atoms with Crippen molar-refractivity contribution in [2.75, 3.05) is 19.6 Å². The molecular formula is C26H34N2O4. The van der Waals surface area contributed by atoms with Gasteiger partial charge in [0.1, 0.15) is 0 Å². The molecule has 4 aliphatic rings. The van der Waals surface area contributed by atoms with Gasteiger partial charge in [-0.15, -0.1) is 0 Å². The standard InChI is InChI=1S/C26H34N2O4/c29-23-16-22(20-8-4-5-9-21(20)23)25(31)28-14-12-26(13-15-28)11-10-19(32-26)17-27-24(30)18-6-2-1-3-7-18/h4-5,8-9,18-19,22H,1-3,6-7,10-17H2,(H,27,30)/t19-,22+/m1/s1. The second-order valence-electron chi connectivity index (χ2n) is 10.1. The van der Waals surface area contributed by atoms with E-state index in [0.717, 1.165) is 56.9 Å². The number of ketones is 1. The zero-order chi connectivity index (χ0) is 22.1. The van der Waals surface area contributed by atoms with Crippen molar-refractivity contribution in [3.63, 3.8) is 0 Å². The Kier molecular flexibility index (Phi) is 6.06. The molecule has 1 N–H and O–H groups in total. The minimum absolute atomic E-state index is 0.0733. The van der Waals surface area contributed by atoms with Crippen LogP contribution in [0.5, 0.6) is 0 Å². The molecule has 2 heterocycles. The normalized spacial score (nSPS) is 27.5. The molecule has 2 aliphatic heterocycles. The van der Waals surface area contributed by atoms with Gasteiger partial charge in [0.2, 0.25) is 11.8 Å². The van der Waals surface area contributed by atoms with E-state index in [1.807, 2.05) is 29.2 Å². The molecule has 1 spiro atoms. The third-order valence-electron chi connectivity index (χ3n) is 8.13. The molecule has 2 atom stereocenters. The number of carbonyl (C=O) groups excluding carboxylic acids is 3. The predicted octanol–water partition coefficient (Wildman–Crippen LogP) is 3.59. The molecule has 0 aromatic heterocycles. The van der Waals surface area contributed by atoms with Crippen molar-refractivity contribution >= 4 is 17.6 Å². The van der Waals surface area contributed by atoms with Gasteiger partial charge in [0, 0.05) is 37.5 Å². The minimum atomic E-state index is -0.333. The van der Waals surface area contributed by atoms with Crippen molar-refractivity contribution in [2.45, 2.75) is 81.8 Å². The average molecular weight is 439 g/mol. The Morgan fingerprint density at radius 1 is 1.03 bits per heavy atom. The fraction of sp³-hybridized carbons (Fsp3) is 0.654. The summed E-state index contributed by atoms with van der Waals surface area (Å²) in [6.45, 7) is 1.94. The molecule has 6 nitrogen and oxygen atoms in total. The summed E-state index contributed by atoms with van der Waals surface area (Å²) in [7, 11) is 0. The van der Waals surface area contributed by atoms with Crippen LogP contribution in [0.4, 0.5) is 0 Å². The zero-order valence-electron chi connectivity index (χ0n) is 18.8. The number of carbonyl (C=O) groups is 3. The number of ether oxygens (including phenoxy) is 1. The summed E-state index contributed by atoms with van der Waals surface area (Å²) >= 11 is 0. The molecule has 3 fully saturated rings. The van der Waals surface area contributed by atoms with E-state index in [1.165, 1.54) is 6.42 Å². The van der Waals surface area contributed by atoms with Crippen molar-refractivity contribution in [1.82, 2.24) is 10.2 Å². The zero-order valence-corrected chi connectivity index (χ0v) is 18.8. The number of rotatable bonds is 4. The summed E-state index contributed by atoms with van der Waals surface area (Å²) in [5.41, 5.74) is 1.42. The second-order valence-corrected chi connectivity index (χ2v) is 10.1. The monoisotopic (exact) mass is 438 g/mol. The van der Waals surface area contributed by atoms with E-state index >= 15 is 0 Å². The molecule has 1 aromatic rings. The van der Waals surface area contributed by atoms with Crippen LogP contribution in [0.25, 0.3) is 0 Å². The Morgan fingerprint density at radius 3 is 2.56 bits per heavy atom. The average Bonchev–Trinajstić information content (AvgIpc) is 3.39. The Bertz CT molecular complexity index is 884. The van der Waals surface area contributed by atoms with Gasteiger partial charge in [-0.25, -0.2) is 0 Å². The van der Waals surface area contributed by atoms with Crippen LogP contribution in [0, 0.1) is 5.92 Å². The van der Waals surface area contributed by atoms with E-state index in [-0.39, 0.29) is 41.1 Å². The van der Waals surface area contributed by atoms with Gasteiger partial charge < -0.3 is 15.0 Å². The van der Waals surface area contributed by atoms with Gasteiger partial charge >= 0.3 is 0 Å². The highest BCUT2D eigenvalue weighted by molar-refractivity contribution is 6.06. The first-order valence-corrected chi connectivity index (χ1v) is 12.4. The van der Waals surface area contributed by atoms with Gasteiger partial charge in [-0.2, -0.15) is 0 Å². The lowest BCUT2D eigenvalue weighted by atomic mass is 9.87. The highest BCUT2D eigenvalue weighted by atomic mass is 16.5. The quantitative estimate of drug-likeness (QED) is 0.780. The summed E-state index contributed by atoms with van der Waals surface area (Å²) in [6, 6.07) is 7.51. The third kappa shape index (κ3) is 4.21. The van der Waals surface area contributed by atoms with Gasteiger partial charge in [-0.3, -0.25) is 14.4 Å². The molecule has 32 heavy (non-hydrogen) atoms. The van der Waals surface area contributed by atoms with E-state index in [0.29, 0.717) is 31.6 Å². The van der Waals surface area contributed by atoms with Crippen LogP contribution < -0.4 is 5.32 Å². The number of benzene rings is 1. The smallest absolute Gasteiger partial charge is 0.230 e. The van der Waals surface area contributed by atoms with E-state index in [4.69, 9.17) is 4.74 Å². The lowest BCUT2D eigenvalue weighted by Gasteiger charge is -2.40. The molecule has 5 rings (SSSR count). The number of hydrogen-bond donors (Lipinski definition) is 1. The van der Waals surface area contributed by atoms with Gasteiger partial charge in [0.25, 0.3) is 0 Å². The second kappa shape index (κ2) is 8.97. The van der Waals surface area contributed by atoms with Crippen LogP contribution in [0.2, 0.25) is 0 Å². The molecule has 0 bridgehead atoms. The summed E-state index contributed by atoms with van der Waals surface area (Å²) < 4.78 is 6.45. The number of likely N-dealkylation sites (tertiary alicyclic amines) is 1. The van der Waals surface area contributed by atoms with Gasteiger partial charge in [-0.1, -0.05) is 43.5 Å². The van der Waals surface area contributed by atoms with Crippen LogP contribution in [0.3, 0.4) is 0 Å². The number of piperidine rings is 1. The van der Waals surface area contributed by atoms with E-state index in [2.05, 4.69) is 5.32 Å². The molecule has 1 saturated carbocycles. The Morgan fingerprint density at radius 2 is 1.78 bits per heavy atom. The van der Waals surface area contributed by atoms with Crippen LogP contribution >= 0.6 is 0 Å². The molecule has 2 saturated heterocycles. The number of nitrogens with one attached hydrogen (secondary N) is 1. The van der Waals surface area contributed by atoms with Gasteiger partial charge in [0.05, 0.1) is 17.6 Å². The van der Waals surface area contributed by atoms with Crippen molar-refractivity contribution in [3.8, 4) is 0 Å². The largest absolute Gasteiger partial charge is 0.370 e. The maximum atomic E-state index is 13.2. The van der Waals surface area contributed by atoms with Crippen molar-refractivity contribution < 1.29 is 19.1 Å². The molecular weight excluding hydrogens is 404 g/mol. The number of fused-ring (bicyclic) bond motifs is 1. The van der Waals surface area contributed by atoms with Crippen LogP contribution in [-0.2, 0) is 14.3 Å². The predicted molar refractivity (Wildman–Crippen MR) is 120 cm³/mol.